The van der Waals surface area contributed by atoms with Gasteiger partial charge in [0, 0.05) is 24.7 Å². The number of hydrogen-bond acceptors (Lipinski definition) is 5. The number of nitrogens with one attached hydrogen (secondary N) is 1. The quantitative estimate of drug-likeness (QED) is 0.223. The summed E-state index contributed by atoms with van der Waals surface area (Å²) in [5.74, 6) is -0.0698. The molecular formula is C25H33BrF4N4O3. The number of aryl methyl sites for hydroxylation is 1. The number of alkyl halides is 3. The van der Waals surface area contributed by atoms with Crippen LogP contribution in [0, 0.1) is 5.82 Å². The van der Waals surface area contributed by atoms with Gasteiger partial charge in [0.25, 0.3) is 5.89 Å². The summed E-state index contributed by atoms with van der Waals surface area (Å²) in [6.07, 6.45) is 4.43. The lowest BCUT2D eigenvalue weighted by Crippen LogP contribution is -2.49. The number of urea groups is 1. The first-order chi connectivity index (χ1) is 17.4. The van der Waals surface area contributed by atoms with E-state index in [1.807, 2.05) is 0 Å². The van der Waals surface area contributed by atoms with Crippen LogP contribution in [0.4, 0.5) is 28.0 Å². The van der Waals surface area contributed by atoms with Crippen molar-refractivity contribution in [2.75, 3.05) is 11.4 Å². The van der Waals surface area contributed by atoms with Crippen molar-refractivity contribution in [1.82, 2.24) is 15.5 Å². The minimum atomic E-state index is -2.83. The van der Waals surface area contributed by atoms with E-state index in [0.29, 0.717) is 63.0 Å². The van der Waals surface area contributed by atoms with Crippen molar-refractivity contribution in [3.8, 4) is 0 Å². The molecule has 2 aromatic rings. The number of carbonyl (C=O) groups excluding carboxylic acids is 1. The van der Waals surface area contributed by atoms with E-state index < -0.39 is 23.7 Å². The van der Waals surface area contributed by atoms with E-state index in [1.54, 1.807) is 17.9 Å². The molecule has 1 fully saturated rings. The molecule has 7 nitrogen and oxygen atoms in total. The topological polar surface area (TPSA) is 80.5 Å². The molecule has 2 amide bonds. The van der Waals surface area contributed by atoms with E-state index in [1.165, 1.54) is 26.0 Å². The number of aromatic nitrogens is 2. The van der Waals surface area contributed by atoms with Crippen molar-refractivity contribution in [2.24, 2.45) is 0 Å². The van der Waals surface area contributed by atoms with E-state index in [9.17, 15) is 22.4 Å². The molecule has 1 aliphatic rings. The molecule has 1 heterocycles. The standard InChI is InChI=1S/C25H33BrF4N4O3/c1-24(2,30)21-32-20(33-37-21)7-5-4-6-14-34(17-8-9-19(27)18(26)15-17)23(35)31-16-10-12-25(3,13-11-16)36-22(28)29/h8-9,15-16,22H,4-7,10-14H2,1-3H3,(H,31,35). The molecular weight excluding hydrogens is 560 g/mol. The second kappa shape index (κ2) is 12.6. The lowest BCUT2D eigenvalue weighted by atomic mass is 9.83. The predicted octanol–water partition coefficient (Wildman–Crippen LogP) is 7.05. The van der Waals surface area contributed by atoms with Gasteiger partial charge in [-0.15, -0.1) is 0 Å². The van der Waals surface area contributed by atoms with Crippen molar-refractivity contribution in [1.29, 1.82) is 0 Å². The molecule has 1 saturated carbocycles. The molecule has 0 unspecified atom stereocenters. The Bertz CT molecular complexity index is 1040. The van der Waals surface area contributed by atoms with Crippen LogP contribution in [0.2, 0.25) is 0 Å². The molecule has 0 saturated heterocycles. The maximum atomic E-state index is 13.9. The van der Waals surface area contributed by atoms with Crippen LogP contribution in [0.3, 0.4) is 0 Å². The van der Waals surface area contributed by atoms with Gasteiger partial charge >= 0.3 is 12.6 Å². The van der Waals surface area contributed by atoms with Crippen LogP contribution in [-0.4, -0.2) is 41.0 Å². The van der Waals surface area contributed by atoms with E-state index in [0.717, 1.165) is 6.42 Å². The first-order valence-corrected chi connectivity index (χ1v) is 13.2. The normalized spacial score (nSPS) is 20.3. The summed E-state index contributed by atoms with van der Waals surface area (Å²) in [5.41, 5.74) is -2.08. The van der Waals surface area contributed by atoms with Gasteiger partial charge in [-0.3, -0.25) is 4.90 Å². The maximum Gasteiger partial charge on any atom is 0.345 e. The van der Waals surface area contributed by atoms with Crippen molar-refractivity contribution in [3.05, 3.63) is 40.2 Å². The molecule has 1 aromatic heterocycles. The molecule has 0 atom stereocenters. The number of carbonyl (C=O) groups is 1. The minimum absolute atomic E-state index is 0.0592. The Morgan fingerprint density at radius 3 is 2.59 bits per heavy atom. The van der Waals surface area contributed by atoms with Gasteiger partial charge in [0.15, 0.2) is 11.5 Å². The summed E-state index contributed by atoms with van der Waals surface area (Å²) in [7, 11) is 0. The number of anilines is 1. The predicted molar refractivity (Wildman–Crippen MR) is 134 cm³/mol. The smallest absolute Gasteiger partial charge is 0.336 e. The fourth-order valence-electron chi connectivity index (χ4n) is 4.29. The molecule has 0 aliphatic heterocycles. The third-order valence-corrected chi connectivity index (χ3v) is 7.07. The fraction of sp³-hybridized carbons (Fsp3) is 0.640. The summed E-state index contributed by atoms with van der Waals surface area (Å²) >= 11 is 3.17. The number of benzene rings is 1. The highest BCUT2D eigenvalue weighted by atomic mass is 79.9. The van der Waals surface area contributed by atoms with Crippen LogP contribution < -0.4 is 10.2 Å². The van der Waals surface area contributed by atoms with E-state index in [4.69, 9.17) is 9.26 Å². The third-order valence-electron chi connectivity index (χ3n) is 6.46. The van der Waals surface area contributed by atoms with E-state index in [-0.39, 0.29) is 22.4 Å². The molecule has 12 heteroatoms. The number of unbranched alkanes of at least 4 members (excludes halogenated alkanes) is 2. The van der Waals surface area contributed by atoms with Crippen molar-refractivity contribution in [3.63, 3.8) is 0 Å². The lowest BCUT2D eigenvalue weighted by molar-refractivity contribution is -0.212. The maximum absolute atomic E-state index is 13.9. The molecule has 1 aliphatic carbocycles. The summed E-state index contributed by atoms with van der Waals surface area (Å²) in [6.45, 7) is 1.90. The Hall–Kier alpha value is -2.21. The zero-order chi connectivity index (χ0) is 27.2. The Balaban J connectivity index is 1.56. The van der Waals surface area contributed by atoms with Gasteiger partial charge in [0.2, 0.25) is 0 Å². The number of nitrogens with zero attached hydrogens (tertiary/aromatic N) is 3. The molecule has 37 heavy (non-hydrogen) atoms. The zero-order valence-electron chi connectivity index (χ0n) is 21.2. The highest BCUT2D eigenvalue weighted by Gasteiger charge is 2.35. The Morgan fingerprint density at radius 2 is 2.00 bits per heavy atom. The third kappa shape index (κ3) is 8.66. The van der Waals surface area contributed by atoms with Crippen LogP contribution in [0.15, 0.2) is 27.2 Å². The molecule has 1 aromatic carbocycles. The van der Waals surface area contributed by atoms with Crippen molar-refractivity contribution >= 4 is 27.6 Å². The van der Waals surface area contributed by atoms with Crippen molar-refractivity contribution in [2.45, 2.75) is 96.1 Å². The average molecular weight is 593 g/mol. The van der Waals surface area contributed by atoms with E-state index in [2.05, 4.69) is 31.4 Å². The van der Waals surface area contributed by atoms with Gasteiger partial charge in [-0.1, -0.05) is 11.6 Å². The Kier molecular flexibility index (Phi) is 9.96. The van der Waals surface area contributed by atoms with Gasteiger partial charge in [-0.05, 0) is 93.4 Å². The molecule has 0 bridgehead atoms. The van der Waals surface area contributed by atoms with Gasteiger partial charge in [-0.25, -0.2) is 13.6 Å². The minimum Gasteiger partial charge on any atom is -0.336 e. The number of ether oxygens (including phenoxy) is 1. The van der Waals surface area contributed by atoms with Gasteiger partial charge < -0.3 is 14.6 Å². The van der Waals surface area contributed by atoms with Gasteiger partial charge in [-0.2, -0.15) is 13.8 Å². The number of rotatable bonds is 11. The number of amides is 2. The molecule has 3 rings (SSSR count). The van der Waals surface area contributed by atoms with Crippen LogP contribution in [0.5, 0.6) is 0 Å². The van der Waals surface area contributed by atoms with E-state index >= 15 is 0 Å². The number of halogens is 5. The first-order valence-electron chi connectivity index (χ1n) is 12.4. The van der Waals surface area contributed by atoms with Crippen molar-refractivity contribution < 1.29 is 31.6 Å². The van der Waals surface area contributed by atoms with Crippen LogP contribution in [0.1, 0.15) is 77.4 Å². The first kappa shape index (κ1) is 29.3. The average Bonchev–Trinajstić information content (AvgIpc) is 3.29. The summed E-state index contributed by atoms with van der Waals surface area (Å²) in [4.78, 5) is 18.8. The zero-order valence-corrected chi connectivity index (χ0v) is 22.8. The molecule has 0 radical (unpaired) electrons. The van der Waals surface area contributed by atoms with Crippen LogP contribution in [-0.2, 0) is 16.8 Å². The molecule has 206 valence electrons. The second-order valence-corrected chi connectivity index (χ2v) is 11.0. The van der Waals surface area contributed by atoms with Gasteiger partial charge in [0.05, 0.1) is 10.1 Å². The molecule has 0 spiro atoms. The Morgan fingerprint density at radius 1 is 1.30 bits per heavy atom. The summed E-state index contributed by atoms with van der Waals surface area (Å²) in [6, 6.07) is 3.85. The van der Waals surface area contributed by atoms with Crippen LogP contribution >= 0.6 is 15.9 Å². The Labute approximate surface area is 222 Å². The van der Waals surface area contributed by atoms with Crippen LogP contribution in [0.25, 0.3) is 0 Å². The molecule has 1 N–H and O–H groups in total. The largest absolute Gasteiger partial charge is 0.345 e. The second-order valence-electron chi connectivity index (χ2n) is 10.1. The highest BCUT2D eigenvalue weighted by Crippen LogP contribution is 2.33. The lowest BCUT2D eigenvalue weighted by Gasteiger charge is -2.37. The SMILES string of the molecule is CC1(OC(F)F)CCC(NC(=O)N(CCCCCc2noc(C(C)(C)F)n2)c2ccc(F)c(Br)c2)CC1. The summed E-state index contributed by atoms with van der Waals surface area (Å²) in [5, 5.41) is 6.80. The summed E-state index contributed by atoms with van der Waals surface area (Å²) < 4.78 is 63.1. The van der Waals surface area contributed by atoms with Gasteiger partial charge in [0.1, 0.15) is 5.82 Å². The monoisotopic (exact) mass is 592 g/mol. The number of hydrogen-bond donors (Lipinski definition) is 1. The highest BCUT2D eigenvalue weighted by molar-refractivity contribution is 9.10. The fourth-order valence-corrected chi connectivity index (χ4v) is 4.65.